The van der Waals surface area contributed by atoms with Crippen molar-refractivity contribution in [1.82, 2.24) is 9.97 Å². The summed E-state index contributed by atoms with van der Waals surface area (Å²) in [5.41, 5.74) is 1.87. The largest absolute Gasteiger partial charge is 0.339 e. The second-order valence-corrected chi connectivity index (χ2v) is 6.08. The van der Waals surface area contributed by atoms with Crippen molar-refractivity contribution in [2.24, 2.45) is 0 Å². The summed E-state index contributed by atoms with van der Waals surface area (Å²) in [5.74, 6) is 1.53. The molecule has 0 aliphatic heterocycles. The Balaban J connectivity index is 2.07. The first-order valence-electron chi connectivity index (χ1n) is 6.70. The van der Waals surface area contributed by atoms with Crippen LogP contribution < -0.4 is 5.32 Å². The summed E-state index contributed by atoms with van der Waals surface area (Å²) in [7, 11) is 0. The molecule has 0 saturated heterocycles. The number of rotatable bonds is 4. The Kier molecular flexibility index (Phi) is 3.66. The minimum absolute atomic E-state index is 0.388. The summed E-state index contributed by atoms with van der Waals surface area (Å²) in [4.78, 5) is 22.0. The lowest BCUT2D eigenvalue weighted by Crippen LogP contribution is -2.00. The lowest BCUT2D eigenvalue weighted by Gasteiger charge is -2.11. The molecule has 5 heteroatoms. The number of hydrogen-bond donors (Lipinski definition) is 1. The second-order valence-electron chi connectivity index (χ2n) is 4.85. The zero-order valence-corrected chi connectivity index (χ0v) is 12.7. The Morgan fingerprint density at radius 3 is 2.86 bits per heavy atom. The fourth-order valence-corrected chi connectivity index (χ4v) is 3.21. The quantitative estimate of drug-likeness (QED) is 0.744. The maximum atomic E-state index is 10.8. The Hall–Kier alpha value is -2.27. The van der Waals surface area contributed by atoms with Crippen LogP contribution in [0.2, 0.25) is 0 Å². The van der Waals surface area contributed by atoms with E-state index in [1.165, 1.54) is 4.88 Å². The molecule has 3 rings (SSSR count). The summed E-state index contributed by atoms with van der Waals surface area (Å²) in [6, 6.07) is 9.87. The Morgan fingerprint density at radius 2 is 2.05 bits per heavy atom. The predicted octanol–water partition coefficient (Wildman–Crippen LogP) is 3.79. The molecule has 0 aliphatic rings. The summed E-state index contributed by atoms with van der Waals surface area (Å²) >= 11 is 1.66. The molecular weight excluding hydrogens is 282 g/mol. The Bertz CT molecular complexity index is 810. The summed E-state index contributed by atoms with van der Waals surface area (Å²) in [5, 5.41) is 4.37. The number of thiophene rings is 1. The average Bonchev–Trinajstić information content (AvgIpc) is 2.81. The van der Waals surface area contributed by atoms with Gasteiger partial charge in [0.25, 0.3) is 0 Å². The van der Waals surface area contributed by atoms with Gasteiger partial charge in [-0.1, -0.05) is 18.2 Å². The first-order valence-corrected chi connectivity index (χ1v) is 7.52. The van der Waals surface area contributed by atoms with Crippen molar-refractivity contribution in [2.45, 2.75) is 20.3 Å². The highest BCUT2D eigenvalue weighted by molar-refractivity contribution is 7.18. The number of aryl methyl sites for hydroxylation is 2. The number of anilines is 2. The molecule has 2 aromatic heterocycles. The van der Waals surface area contributed by atoms with Crippen LogP contribution in [0, 0.1) is 13.8 Å². The van der Waals surface area contributed by atoms with Crippen molar-refractivity contribution >= 4 is 39.3 Å². The summed E-state index contributed by atoms with van der Waals surface area (Å²) in [6.45, 7) is 3.95. The number of carbonyl (C=O) groups is 1. The molecule has 106 valence electrons. The zero-order valence-electron chi connectivity index (χ0n) is 11.9. The molecule has 1 N–H and O–H groups in total. The number of benzene rings is 1. The average molecular weight is 297 g/mol. The van der Waals surface area contributed by atoms with Crippen LogP contribution in [0.5, 0.6) is 0 Å². The second kappa shape index (κ2) is 5.61. The summed E-state index contributed by atoms with van der Waals surface area (Å²) < 4.78 is 0. The number of aldehydes is 1. The number of nitrogens with zero attached hydrogens (tertiary/aromatic N) is 2. The van der Waals surface area contributed by atoms with Crippen LogP contribution >= 0.6 is 11.3 Å². The number of nitrogens with one attached hydrogen (secondary N) is 1. The number of aromatic nitrogens is 2. The van der Waals surface area contributed by atoms with Crippen molar-refractivity contribution in [3.05, 3.63) is 46.6 Å². The molecule has 0 spiro atoms. The molecule has 0 saturated carbocycles. The van der Waals surface area contributed by atoms with Crippen molar-refractivity contribution in [1.29, 1.82) is 0 Å². The Labute approximate surface area is 126 Å². The minimum atomic E-state index is 0.388. The highest BCUT2D eigenvalue weighted by atomic mass is 32.1. The van der Waals surface area contributed by atoms with Crippen LogP contribution in [-0.2, 0) is 11.2 Å². The maximum Gasteiger partial charge on any atom is 0.142 e. The number of hydrogen-bond acceptors (Lipinski definition) is 5. The molecule has 21 heavy (non-hydrogen) atoms. The maximum absolute atomic E-state index is 10.8. The standard InChI is InChI=1S/C16H15N3OS/c1-10-9-13-15(17-11(2)18-16(13)21-10)19-14-6-4-3-5-12(14)7-8-20/h3-6,8-9H,7H2,1-2H3,(H,17,18,19). The molecule has 0 bridgehead atoms. The van der Waals surface area contributed by atoms with E-state index < -0.39 is 0 Å². The number of para-hydroxylation sites is 1. The van der Waals surface area contributed by atoms with Gasteiger partial charge in [0, 0.05) is 17.0 Å². The third-order valence-electron chi connectivity index (χ3n) is 3.20. The lowest BCUT2D eigenvalue weighted by molar-refractivity contribution is -0.107. The van der Waals surface area contributed by atoms with E-state index >= 15 is 0 Å². The van der Waals surface area contributed by atoms with E-state index in [0.29, 0.717) is 6.42 Å². The smallest absolute Gasteiger partial charge is 0.142 e. The van der Waals surface area contributed by atoms with Gasteiger partial charge in [-0.2, -0.15) is 0 Å². The van der Waals surface area contributed by atoms with Crippen molar-refractivity contribution in [3.8, 4) is 0 Å². The molecule has 1 aromatic carbocycles. The van der Waals surface area contributed by atoms with Gasteiger partial charge in [0.1, 0.15) is 22.8 Å². The van der Waals surface area contributed by atoms with E-state index in [1.54, 1.807) is 11.3 Å². The molecule has 0 unspecified atom stereocenters. The molecular formula is C16H15N3OS. The van der Waals surface area contributed by atoms with E-state index in [4.69, 9.17) is 0 Å². The van der Waals surface area contributed by atoms with Gasteiger partial charge in [0.15, 0.2) is 0 Å². The molecule has 0 fully saturated rings. The third-order valence-corrected chi connectivity index (χ3v) is 4.15. The van der Waals surface area contributed by atoms with Gasteiger partial charge >= 0.3 is 0 Å². The monoisotopic (exact) mass is 297 g/mol. The SMILES string of the molecule is Cc1nc(Nc2ccccc2CC=O)c2cc(C)sc2n1. The van der Waals surface area contributed by atoms with Gasteiger partial charge < -0.3 is 10.1 Å². The van der Waals surface area contributed by atoms with Crippen LogP contribution in [0.4, 0.5) is 11.5 Å². The molecule has 4 nitrogen and oxygen atoms in total. The van der Waals surface area contributed by atoms with Crippen LogP contribution in [-0.4, -0.2) is 16.3 Å². The topological polar surface area (TPSA) is 54.9 Å². The highest BCUT2D eigenvalue weighted by Gasteiger charge is 2.10. The van der Waals surface area contributed by atoms with E-state index in [9.17, 15) is 4.79 Å². The first kappa shape index (κ1) is 13.7. The minimum Gasteiger partial charge on any atom is -0.339 e. The normalized spacial score (nSPS) is 10.8. The number of carbonyl (C=O) groups excluding carboxylic acids is 1. The predicted molar refractivity (Wildman–Crippen MR) is 86.4 cm³/mol. The third kappa shape index (κ3) is 2.78. The van der Waals surface area contributed by atoms with E-state index in [-0.39, 0.29) is 0 Å². The summed E-state index contributed by atoms with van der Waals surface area (Å²) in [6.07, 6.45) is 1.30. The lowest BCUT2D eigenvalue weighted by atomic mass is 10.1. The van der Waals surface area contributed by atoms with Crippen molar-refractivity contribution in [2.75, 3.05) is 5.32 Å². The van der Waals surface area contributed by atoms with E-state index in [0.717, 1.165) is 39.4 Å². The van der Waals surface area contributed by atoms with Crippen molar-refractivity contribution in [3.63, 3.8) is 0 Å². The van der Waals surface area contributed by atoms with Gasteiger partial charge in [0.05, 0.1) is 5.39 Å². The highest BCUT2D eigenvalue weighted by Crippen LogP contribution is 2.31. The van der Waals surface area contributed by atoms with Crippen molar-refractivity contribution < 1.29 is 4.79 Å². The van der Waals surface area contributed by atoms with Gasteiger partial charge in [-0.25, -0.2) is 9.97 Å². The molecule has 0 atom stereocenters. The van der Waals surface area contributed by atoms with Gasteiger partial charge in [-0.05, 0) is 31.5 Å². The molecule has 0 aliphatic carbocycles. The molecule has 2 heterocycles. The van der Waals surface area contributed by atoms with Crippen LogP contribution in [0.25, 0.3) is 10.2 Å². The van der Waals surface area contributed by atoms with Crippen LogP contribution in [0.15, 0.2) is 30.3 Å². The fourth-order valence-electron chi connectivity index (χ4n) is 2.28. The van der Waals surface area contributed by atoms with Gasteiger partial charge in [0.2, 0.25) is 0 Å². The molecule has 3 aromatic rings. The van der Waals surface area contributed by atoms with Gasteiger partial charge in [-0.15, -0.1) is 11.3 Å². The molecule has 0 amide bonds. The van der Waals surface area contributed by atoms with E-state index in [2.05, 4.69) is 28.3 Å². The number of fused-ring (bicyclic) bond motifs is 1. The van der Waals surface area contributed by atoms with Gasteiger partial charge in [-0.3, -0.25) is 0 Å². The fraction of sp³-hybridized carbons (Fsp3) is 0.188. The van der Waals surface area contributed by atoms with E-state index in [1.807, 2.05) is 31.2 Å². The Morgan fingerprint density at radius 1 is 1.24 bits per heavy atom. The van der Waals surface area contributed by atoms with Crippen LogP contribution in [0.1, 0.15) is 16.3 Å². The van der Waals surface area contributed by atoms with Crippen LogP contribution in [0.3, 0.4) is 0 Å². The zero-order chi connectivity index (χ0) is 14.8. The molecule has 0 radical (unpaired) electrons. The first-order chi connectivity index (χ1) is 10.2.